The lowest BCUT2D eigenvalue weighted by Crippen LogP contribution is -2.16. The van der Waals surface area contributed by atoms with Crippen molar-refractivity contribution in [1.29, 1.82) is 0 Å². The molecule has 1 heterocycles. The van der Waals surface area contributed by atoms with Gasteiger partial charge in [0, 0.05) is 5.69 Å². The molecular weight excluding hydrogens is 360 g/mol. The Balaban J connectivity index is 2.43. The van der Waals surface area contributed by atoms with E-state index in [1.807, 2.05) is 0 Å². The van der Waals surface area contributed by atoms with Crippen LogP contribution in [0, 0.1) is 13.8 Å². The summed E-state index contributed by atoms with van der Waals surface area (Å²) >= 11 is 3.12. The van der Waals surface area contributed by atoms with E-state index in [-0.39, 0.29) is 4.90 Å². The number of furan rings is 1. The highest BCUT2D eigenvalue weighted by molar-refractivity contribution is 9.10. The number of aryl methyl sites for hydroxylation is 1. The summed E-state index contributed by atoms with van der Waals surface area (Å²) in [6.45, 7) is 3.52. The molecule has 0 saturated carbocycles. The molecule has 0 unspecified atom stereocenters. The highest BCUT2D eigenvalue weighted by Gasteiger charge is 2.17. The van der Waals surface area contributed by atoms with Crippen LogP contribution in [0.2, 0.25) is 0 Å². The summed E-state index contributed by atoms with van der Waals surface area (Å²) in [6, 6.07) is 4.31. The normalized spacial score (nSPS) is 11.4. The number of benzene rings is 1. The first-order chi connectivity index (χ1) is 9.70. The molecule has 0 aliphatic rings. The lowest BCUT2D eigenvalue weighted by atomic mass is 10.1. The first-order valence-corrected chi connectivity index (χ1v) is 8.22. The maximum Gasteiger partial charge on any atom is 0.260 e. The minimum Gasteiger partial charge on any atom is -0.457 e. The highest BCUT2D eigenvalue weighted by atomic mass is 79.9. The van der Waals surface area contributed by atoms with Gasteiger partial charge in [0.15, 0.2) is 4.67 Å². The van der Waals surface area contributed by atoms with Crippen molar-refractivity contribution in [3.63, 3.8) is 0 Å². The third-order valence-corrected chi connectivity index (χ3v) is 4.59. The van der Waals surface area contributed by atoms with Crippen LogP contribution >= 0.6 is 15.9 Å². The summed E-state index contributed by atoms with van der Waals surface area (Å²) in [6.07, 6.45) is 1.37. The fourth-order valence-electron chi connectivity index (χ4n) is 1.77. The molecule has 0 spiro atoms. The van der Waals surface area contributed by atoms with Gasteiger partial charge in [-0.25, -0.2) is 13.6 Å². The Morgan fingerprint density at radius 1 is 1.33 bits per heavy atom. The SMILES string of the molecule is Cc1cc(S(N)(=O)=O)cc(NC(=O)c2ccoc2Br)c1C. The lowest BCUT2D eigenvalue weighted by molar-refractivity contribution is 0.102. The van der Waals surface area contributed by atoms with E-state index in [1.165, 1.54) is 24.5 Å². The second-order valence-corrected chi connectivity index (χ2v) is 6.80. The molecule has 1 amide bonds. The molecule has 2 rings (SSSR count). The van der Waals surface area contributed by atoms with Crippen LogP contribution in [0.5, 0.6) is 0 Å². The zero-order valence-corrected chi connectivity index (χ0v) is 13.7. The number of nitrogens with two attached hydrogens (primary N) is 1. The summed E-state index contributed by atoms with van der Waals surface area (Å²) in [5.74, 6) is -0.412. The van der Waals surface area contributed by atoms with E-state index in [2.05, 4.69) is 21.2 Å². The van der Waals surface area contributed by atoms with Gasteiger partial charge in [-0.3, -0.25) is 4.79 Å². The molecular formula is C13H13BrN2O4S. The molecule has 1 aromatic carbocycles. The Morgan fingerprint density at radius 3 is 2.52 bits per heavy atom. The first-order valence-electron chi connectivity index (χ1n) is 5.88. The van der Waals surface area contributed by atoms with E-state index in [1.54, 1.807) is 13.8 Å². The van der Waals surface area contributed by atoms with E-state index < -0.39 is 15.9 Å². The van der Waals surface area contributed by atoms with E-state index in [4.69, 9.17) is 9.56 Å². The minimum atomic E-state index is -3.84. The van der Waals surface area contributed by atoms with Crippen LogP contribution in [0.3, 0.4) is 0 Å². The van der Waals surface area contributed by atoms with Crippen molar-refractivity contribution in [2.75, 3.05) is 5.32 Å². The number of sulfonamides is 1. The predicted octanol–water partition coefficient (Wildman–Crippen LogP) is 2.56. The second-order valence-electron chi connectivity index (χ2n) is 4.52. The van der Waals surface area contributed by atoms with Crippen LogP contribution in [0.1, 0.15) is 21.5 Å². The number of carbonyl (C=O) groups excluding carboxylic acids is 1. The molecule has 1 aromatic heterocycles. The lowest BCUT2D eigenvalue weighted by Gasteiger charge is -2.12. The fraction of sp³-hybridized carbons (Fsp3) is 0.154. The maximum atomic E-state index is 12.1. The van der Waals surface area contributed by atoms with Gasteiger partial charge >= 0.3 is 0 Å². The summed E-state index contributed by atoms with van der Waals surface area (Å²) in [7, 11) is -3.84. The maximum absolute atomic E-state index is 12.1. The molecule has 0 radical (unpaired) electrons. The van der Waals surface area contributed by atoms with Crippen LogP contribution in [0.25, 0.3) is 0 Å². The Kier molecular flexibility index (Phi) is 4.22. The molecule has 0 bridgehead atoms. The molecule has 0 saturated heterocycles. The Hall–Kier alpha value is -1.64. The van der Waals surface area contributed by atoms with E-state index in [0.717, 1.165) is 5.56 Å². The van der Waals surface area contributed by atoms with Gasteiger partial charge in [0.25, 0.3) is 5.91 Å². The first kappa shape index (κ1) is 15.7. The van der Waals surface area contributed by atoms with Crippen LogP contribution in [-0.2, 0) is 10.0 Å². The highest BCUT2D eigenvalue weighted by Crippen LogP contribution is 2.25. The number of primary sulfonamides is 1. The minimum absolute atomic E-state index is 0.0489. The molecule has 0 fully saturated rings. The number of anilines is 1. The summed E-state index contributed by atoms with van der Waals surface area (Å²) < 4.78 is 28.2. The number of carbonyl (C=O) groups is 1. The fourth-order valence-corrected chi connectivity index (χ4v) is 2.81. The van der Waals surface area contributed by atoms with Gasteiger partial charge in [0.1, 0.15) is 0 Å². The van der Waals surface area contributed by atoms with Crippen molar-refractivity contribution < 1.29 is 17.6 Å². The summed E-state index contributed by atoms with van der Waals surface area (Å²) in [5.41, 5.74) is 2.17. The third kappa shape index (κ3) is 3.34. The molecule has 112 valence electrons. The number of halogens is 1. The molecule has 2 aromatic rings. The topological polar surface area (TPSA) is 102 Å². The van der Waals surface area contributed by atoms with Crippen molar-refractivity contribution in [2.45, 2.75) is 18.7 Å². The second kappa shape index (κ2) is 5.63. The smallest absolute Gasteiger partial charge is 0.260 e. The Morgan fingerprint density at radius 2 is 2.00 bits per heavy atom. The van der Waals surface area contributed by atoms with Gasteiger partial charge in [0.2, 0.25) is 10.0 Å². The molecule has 3 N–H and O–H groups in total. The molecule has 0 aliphatic heterocycles. The van der Waals surface area contributed by atoms with Crippen molar-refractivity contribution in [1.82, 2.24) is 0 Å². The van der Waals surface area contributed by atoms with Crippen molar-refractivity contribution in [3.8, 4) is 0 Å². The van der Waals surface area contributed by atoms with Gasteiger partial charge < -0.3 is 9.73 Å². The average molecular weight is 373 g/mol. The number of nitrogens with one attached hydrogen (secondary N) is 1. The molecule has 0 aliphatic carbocycles. The molecule has 6 nitrogen and oxygen atoms in total. The Labute approximate surface area is 130 Å². The number of hydrogen-bond donors (Lipinski definition) is 2. The van der Waals surface area contributed by atoms with Gasteiger partial charge in [-0.05, 0) is 59.1 Å². The number of hydrogen-bond acceptors (Lipinski definition) is 4. The van der Waals surface area contributed by atoms with Gasteiger partial charge in [-0.15, -0.1) is 0 Å². The standard InChI is InChI=1S/C13H13BrN2O4S/c1-7-5-9(21(15,18)19)6-11(8(7)2)16-13(17)10-3-4-20-12(10)14/h3-6H,1-2H3,(H,16,17)(H2,15,18,19). The van der Waals surface area contributed by atoms with Crippen molar-refractivity contribution >= 4 is 37.5 Å². The van der Waals surface area contributed by atoms with Crippen LogP contribution in [0.4, 0.5) is 5.69 Å². The van der Waals surface area contributed by atoms with Gasteiger partial charge in [0.05, 0.1) is 16.7 Å². The van der Waals surface area contributed by atoms with Gasteiger partial charge in [-0.1, -0.05) is 0 Å². The number of rotatable bonds is 3. The largest absolute Gasteiger partial charge is 0.457 e. The summed E-state index contributed by atoms with van der Waals surface area (Å²) in [4.78, 5) is 12.1. The van der Waals surface area contributed by atoms with Crippen molar-refractivity contribution in [2.24, 2.45) is 5.14 Å². The predicted molar refractivity (Wildman–Crippen MR) is 81.7 cm³/mol. The molecule has 21 heavy (non-hydrogen) atoms. The van der Waals surface area contributed by atoms with E-state index >= 15 is 0 Å². The third-order valence-electron chi connectivity index (χ3n) is 3.08. The Bertz CT molecular complexity index is 812. The van der Waals surface area contributed by atoms with Crippen LogP contribution in [-0.4, -0.2) is 14.3 Å². The molecule has 8 heteroatoms. The van der Waals surface area contributed by atoms with Gasteiger partial charge in [-0.2, -0.15) is 0 Å². The average Bonchev–Trinajstić information content (AvgIpc) is 2.79. The van der Waals surface area contributed by atoms with Crippen LogP contribution < -0.4 is 10.5 Å². The molecule has 0 atom stereocenters. The quantitative estimate of drug-likeness (QED) is 0.863. The monoisotopic (exact) mass is 372 g/mol. The van der Waals surface area contributed by atoms with Crippen molar-refractivity contribution in [3.05, 3.63) is 45.8 Å². The van der Waals surface area contributed by atoms with Crippen LogP contribution in [0.15, 0.2) is 38.4 Å². The van der Waals surface area contributed by atoms with E-state index in [9.17, 15) is 13.2 Å². The zero-order chi connectivity index (χ0) is 15.8. The van der Waals surface area contributed by atoms with E-state index in [0.29, 0.717) is 21.5 Å². The zero-order valence-electron chi connectivity index (χ0n) is 11.3. The number of amides is 1. The summed E-state index contributed by atoms with van der Waals surface area (Å²) in [5, 5.41) is 7.79.